The second-order valence-electron chi connectivity index (χ2n) is 11.3. The number of fused-ring (bicyclic) bond motifs is 1. The molecule has 0 bridgehead atoms. The summed E-state index contributed by atoms with van der Waals surface area (Å²) in [5, 5.41) is 20.4. The van der Waals surface area contributed by atoms with Gasteiger partial charge in [0.05, 0.1) is 28.8 Å². The Morgan fingerprint density at radius 3 is 2.76 bits per heavy atom. The number of benzene rings is 1. The molecule has 37 heavy (non-hydrogen) atoms. The van der Waals surface area contributed by atoms with Gasteiger partial charge in [-0.3, -0.25) is 4.68 Å². The lowest BCUT2D eigenvalue weighted by atomic mass is 9.83. The number of aromatic nitrogens is 4. The van der Waals surface area contributed by atoms with Gasteiger partial charge < -0.3 is 15.1 Å². The van der Waals surface area contributed by atoms with E-state index in [0.717, 1.165) is 21.5 Å². The standard InChI is InChI=1S/C26H33F2N7OSi/c1-25(2,3)37(5,6)36-16-26(4)15-31-23-18(11-29)9-17(10-20(23)26)21-7-8-30-24(34-21)33-19-12-32-35(13-19)14-22(27)28/h7-10,12-13,22,31H,14-16H2,1-6H3,(H,30,33,34). The molecule has 1 aliphatic rings. The normalized spacial score (nSPS) is 17.4. The quantitative estimate of drug-likeness (QED) is 0.352. The second kappa shape index (κ2) is 9.83. The Labute approximate surface area is 217 Å². The highest BCUT2D eigenvalue weighted by Gasteiger charge is 2.42. The van der Waals surface area contributed by atoms with Crippen molar-refractivity contribution in [3.05, 3.63) is 47.9 Å². The molecule has 196 valence electrons. The summed E-state index contributed by atoms with van der Waals surface area (Å²) in [6.45, 7) is 14.0. The monoisotopic (exact) mass is 525 g/mol. The molecule has 0 saturated heterocycles. The third kappa shape index (κ3) is 5.65. The molecule has 4 rings (SSSR count). The van der Waals surface area contributed by atoms with Crippen molar-refractivity contribution in [1.82, 2.24) is 19.7 Å². The fraction of sp³-hybridized carbons (Fsp3) is 0.462. The number of hydrogen-bond donors (Lipinski definition) is 2. The zero-order valence-corrected chi connectivity index (χ0v) is 23.1. The summed E-state index contributed by atoms with van der Waals surface area (Å²) in [4.78, 5) is 8.87. The molecule has 1 aliphatic heterocycles. The number of hydrogen-bond acceptors (Lipinski definition) is 7. The first-order valence-electron chi connectivity index (χ1n) is 12.2. The first-order valence-corrected chi connectivity index (χ1v) is 15.1. The maximum absolute atomic E-state index is 12.6. The van der Waals surface area contributed by atoms with Crippen molar-refractivity contribution >= 4 is 25.6 Å². The molecule has 0 fully saturated rings. The third-order valence-electron chi connectivity index (χ3n) is 7.29. The van der Waals surface area contributed by atoms with E-state index in [-0.39, 0.29) is 10.5 Å². The molecule has 2 aromatic heterocycles. The molecule has 1 unspecified atom stereocenters. The largest absolute Gasteiger partial charge is 0.416 e. The maximum atomic E-state index is 12.6. The number of alkyl halides is 2. The highest BCUT2D eigenvalue weighted by Crippen LogP contribution is 2.44. The van der Waals surface area contributed by atoms with E-state index in [1.165, 1.54) is 12.4 Å². The van der Waals surface area contributed by atoms with Gasteiger partial charge in [0.2, 0.25) is 5.95 Å². The van der Waals surface area contributed by atoms with E-state index in [4.69, 9.17) is 4.43 Å². The van der Waals surface area contributed by atoms with Crippen molar-refractivity contribution in [2.75, 3.05) is 23.8 Å². The second-order valence-corrected chi connectivity index (χ2v) is 16.1. The molecule has 2 N–H and O–H groups in total. The minimum Gasteiger partial charge on any atom is -0.416 e. The lowest BCUT2D eigenvalue weighted by Gasteiger charge is -2.39. The molecule has 0 amide bonds. The van der Waals surface area contributed by atoms with Gasteiger partial charge in [0, 0.05) is 36.5 Å². The van der Waals surface area contributed by atoms with Crippen LogP contribution in [-0.2, 0) is 16.4 Å². The molecule has 0 aliphatic carbocycles. The Balaban J connectivity index is 1.62. The smallest absolute Gasteiger partial charge is 0.257 e. The van der Waals surface area contributed by atoms with Crippen molar-refractivity contribution in [3.63, 3.8) is 0 Å². The Bertz CT molecular complexity index is 1330. The van der Waals surface area contributed by atoms with Crippen LogP contribution in [0.3, 0.4) is 0 Å². The van der Waals surface area contributed by atoms with Crippen LogP contribution in [0.1, 0.15) is 38.8 Å². The van der Waals surface area contributed by atoms with Crippen LogP contribution in [0.4, 0.5) is 26.1 Å². The molecular weight excluding hydrogens is 492 g/mol. The van der Waals surface area contributed by atoms with Crippen molar-refractivity contribution in [3.8, 4) is 17.3 Å². The number of nitriles is 1. The number of rotatable bonds is 8. The molecular formula is C26H33F2N7OSi. The maximum Gasteiger partial charge on any atom is 0.257 e. The lowest BCUT2D eigenvalue weighted by molar-refractivity contribution is 0.122. The zero-order chi connectivity index (χ0) is 27.0. The van der Waals surface area contributed by atoms with Gasteiger partial charge in [0.15, 0.2) is 8.32 Å². The molecule has 0 radical (unpaired) electrons. The molecule has 0 spiro atoms. The summed E-state index contributed by atoms with van der Waals surface area (Å²) in [6, 6.07) is 7.98. The highest BCUT2D eigenvalue weighted by atomic mass is 28.4. The van der Waals surface area contributed by atoms with Crippen LogP contribution >= 0.6 is 0 Å². The first kappa shape index (κ1) is 26.7. The Hall–Kier alpha value is -3.36. The molecule has 1 aromatic carbocycles. The van der Waals surface area contributed by atoms with Crippen LogP contribution in [-0.4, -0.2) is 47.6 Å². The summed E-state index contributed by atoms with van der Waals surface area (Å²) in [7, 11) is -1.96. The summed E-state index contributed by atoms with van der Waals surface area (Å²) in [6.07, 6.45) is 2.05. The molecule has 8 nitrogen and oxygen atoms in total. The number of nitrogens with one attached hydrogen (secondary N) is 2. The van der Waals surface area contributed by atoms with Crippen molar-refractivity contribution in [1.29, 1.82) is 5.26 Å². The van der Waals surface area contributed by atoms with Crippen LogP contribution in [0.15, 0.2) is 36.8 Å². The fourth-order valence-corrected chi connectivity index (χ4v) is 5.10. The molecule has 3 aromatic rings. The van der Waals surface area contributed by atoms with E-state index in [0.29, 0.717) is 36.0 Å². The minimum atomic E-state index is -2.49. The first-order chi connectivity index (χ1) is 17.3. The molecule has 0 saturated carbocycles. The Morgan fingerprint density at radius 2 is 2.08 bits per heavy atom. The summed E-state index contributed by atoms with van der Waals surface area (Å²) in [5.41, 5.74) is 4.04. The van der Waals surface area contributed by atoms with E-state index >= 15 is 0 Å². The van der Waals surface area contributed by atoms with Crippen LogP contribution < -0.4 is 10.6 Å². The SMILES string of the molecule is CC1(CO[Si](C)(C)C(C)(C)C)CNc2c(C#N)cc(-c3ccnc(Nc4cnn(CC(F)F)c4)n3)cc21. The van der Waals surface area contributed by atoms with E-state index in [2.05, 4.69) is 78.6 Å². The highest BCUT2D eigenvalue weighted by molar-refractivity contribution is 6.74. The molecule has 11 heteroatoms. The summed E-state index contributed by atoms with van der Waals surface area (Å²) < 4.78 is 33.0. The number of anilines is 3. The zero-order valence-electron chi connectivity index (χ0n) is 22.1. The Morgan fingerprint density at radius 1 is 1.32 bits per heavy atom. The average molecular weight is 526 g/mol. The third-order valence-corrected chi connectivity index (χ3v) is 11.8. The summed E-state index contributed by atoms with van der Waals surface area (Å²) in [5.74, 6) is 0.301. The fourth-order valence-electron chi connectivity index (χ4n) is 3.99. The van der Waals surface area contributed by atoms with Gasteiger partial charge >= 0.3 is 0 Å². The molecule has 3 heterocycles. The minimum absolute atomic E-state index is 0.0954. The van der Waals surface area contributed by atoms with Crippen molar-refractivity contribution in [2.45, 2.75) is 64.2 Å². The predicted molar refractivity (Wildman–Crippen MR) is 143 cm³/mol. The van der Waals surface area contributed by atoms with Crippen LogP contribution in [0.2, 0.25) is 18.1 Å². The average Bonchev–Trinajstić information content (AvgIpc) is 3.40. The number of nitrogens with zero attached hydrogens (tertiary/aromatic N) is 5. The van der Waals surface area contributed by atoms with Gasteiger partial charge in [-0.1, -0.05) is 27.7 Å². The van der Waals surface area contributed by atoms with Gasteiger partial charge in [-0.05, 0) is 41.9 Å². The Kier molecular flexibility index (Phi) is 7.09. The van der Waals surface area contributed by atoms with Crippen LogP contribution in [0.5, 0.6) is 0 Å². The molecule has 1 atom stereocenters. The van der Waals surface area contributed by atoms with Gasteiger partial charge in [-0.15, -0.1) is 0 Å². The van der Waals surface area contributed by atoms with Gasteiger partial charge in [0.1, 0.15) is 12.6 Å². The number of halogens is 2. The van der Waals surface area contributed by atoms with Gasteiger partial charge in [-0.2, -0.15) is 10.4 Å². The van der Waals surface area contributed by atoms with Crippen LogP contribution in [0.25, 0.3) is 11.3 Å². The van der Waals surface area contributed by atoms with Gasteiger partial charge in [-0.25, -0.2) is 18.7 Å². The van der Waals surface area contributed by atoms with Crippen molar-refractivity contribution < 1.29 is 13.2 Å². The van der Waals surface area contributed by atoms with E-state index < -0.39 is 21.3 Å². The predicted octanol–water partition coefficient (Wildman–Crippen LogP) is 5.93. The van der Waals surface area contributed by atoms with E-state index in [9.17, 15) is 14.0 Å². The van der Waals surface area contributed by atoms with E-state index in [1.54, 1.807) is 12.3 Å². The summed E-state index contributed by atoms with van der Waals surface area (Å²) >= 11 is 0. The van der Waals surface area contributed by atoms with Crippen LogP contribution in [0, 0.1) is 11.3 Å². The van der Waals surface area contributed by atoms with Crippen molar-refractivity contribution in [2.24, 2.45) is 0 Å². The van der Waals surface area contributed by atoms with Gasteiger partial charge in [0.25, 0.3) is 6.43 Å². The lowest BCUT2D eigenvalue weighted by Crippen LogP contribution is -2.45. The topological polar surface area (TPSA) is 101 Å². The van der Waals surface area contributed by atoms with E-state index in [1.807, 2.05) is 6.07 Å².